The van der Waals surface area contributed by atoms with E-state index in [4.69, 9.17) is 17.0 Å². The van der Waals surface area contributed by atoms with Crippen molar-refractivity contribution in [2.24, 2.45) is 7.05 Å². The van der Waals surface area contributed by atoms with Crippen LogP contribution >= 0.6 is 28.1 Å². The number of hydrogen-bond acceptors (Lipinski definition) is 4. The first-order chi connectivity index (χ1) is 14.3. The molecule has 0 spiro atoms. The molecule has 2 N–H and O–H groups in total. The molecule has 156 valence electrons. The fourth-order valence-electron chi connectivity index (χ4n) is 3.17. The molecule has 2 aromatic carbocycles. The molecule has 3 aromatic rings. The molecule has 0 fully saturated rings. The van der Waals surface area contributed by atoms with Gasteiger partial charge in [0.15, 0.2) is 5.11 Å². The number of methoxy groups -OCH3 is 1. The van der Waals surface area contributed by atoms with Crippen molar-refractivity contribution in [2.75, 3.05) is 12.4 Å². The summed E-state index contributed by atoms with van der Waals surface area (Å²) in [6, 6.07) is 13.2. The Morgan fingerprint density at radius 3 is 2.50 bits per heavy atom. The summed E-state index contributed by atoms with van der Waals surface area (Å²) >= 11 is 8.66. The van der Waals surface area contributed by atoms with Crippen molar-refractivity contribution in [1.29, 1.82) is 0 Å². The SMILES string of the molecule is COc1ccc(Br)cc1C(=O)NC(=S)Nc1ccc(Cc2c(C)nn(C)c2C)cc1. The molecule has 8 heteroatoms. The molecule has 1 aromatic heterocycles. The molecule has 0 saturated heterocycles. The van der Waals surface area contributed by atoms with Gasteiger partial charge in [0.2, 0.25) is 0 Å². The van der Waals surface area contributed by atoms with Crippen LogP contribution in [0, 0.1) is 13.8 Å². The zero-order valence-electron chi connectivity index (χ0n) is 17.2. The van der Waals surface area contributed by atoms with Crippen molar-refractivity contribution in [1.82, 2.24) is 15.1 Å². The number of thiocarbonyl (C=S) groups is 1. The Morgan fingerprint density at radius 2 is 1.90 bits per heavy atom. The standard InChI is InChI=1S/C22H23BrN4O2S/c1-13-18(14(2)27(3)26-13)11-15-5-8-17(9-6-15)24-22(30)25-21(28)19-12-16(23)7-10-20(19)29-4/h5-10,12H,11H2,1-4H3,(H2,24,25,28,30). The first-order valence-corrected chi connectivity index (χ1v) is 10.5. The van der Waals surface area contributed by atoms with Crippen molar-refractivity contribution in [2.45, 2.75) is 20.3 Å². The van der Waals surface area contributed by atoms with Crippen LogP contribution < -0.4 is 15.4 Å². The Morgan fingerprint density at radius 1 is 1.20 bits per heavy atom. The Balaban J connectivity index is 1.63. The number of aryl methyl sites for hydroxylation is 2. The highest BCUT2D eigenvalue weighted by Crippen LogP contribution is 2.23. The molecule has 0 atom stereocenters. The van der Waals surface area contributed by atoms with Gasteiger partial charge in [0.1, 0.15) is 5.75 Å². The van der Waals surface area contributed by atoms with E-state index in [1.54, 1.807) is 12.1 Å². The minimum Gasteiger partial charge on any atom is -0.496 e. The number of amides is 1. The number of aromatic nitrogens is 2. The maximum absolute atomic E-state index is 12.6. The molecule has 0 aliphatic carbocycles. The van der Waals surface area contributed by atoms with Gasteiger partial charge in [0, 0.05) is 34.9 Å². The molecule has 0 aliphatic rings. The zero-order valence-corrected chi connectivity index (χ0v) is 19.6. The normalized spacial score (nSPS) is 10.6. The van der Waals surface area contributed by atoms with Gasteiger partial charge in [-0.3, -0.25) is 14.8 Å². The summed E-state index contributed by atoms with van der Waals surface area (Å²) in [6.45, 7) is 4.10. The van der Waals surface area contributed by atoms with E-state index in [1.807, 2.05) is 49.0 Å². The molecule has 0 aliphatic heterocycles. The van der Waals surface area contributed by atoms with Crippen LogP contribution in [-0.2, 0) is 13.5 Å². The molecule has 1 heterocycles. The van der Waals surface area contributed by atoms with Crippen molar-refractivity contribution in [3.05, 3.63) is 75.0 Å². The van der Waals surface area contributed by atoms with Gasteiger partial charge in [-0.1, -0.05) is 28.1 Å². The van der Waals surface area contributed by atoms with Gasteiger partial charge < -0.3 is 10.1 Å². The van der Waals surface area contributed by atoms with Crippen LogP contribution in [0.25, 0.3) is 0 Å². The quantitative estimate of drug-likeness (QED) is 0.518. The number of carbonyl (C=O) groups is 1. The van der Waals surface area contributed by atoms with Crippen molar-refractivity contribution in [3.63, 3.8) is 0 Å². The van der Waals surface area contributed by atoms with Gasteiger partial charge in [-0.15, -0.1) is 0 Å². The lowest BCUT2D eigenvalue weighted by Crippen LogP contribution is -2.34. The van der Waals surface area contributed by atoms with Gasteiger partial charge in [0.05, 0.1) is 18.4 Å². The molecule has 1 amide bonds. The summed E-state index contributed by atoms with van der Waals surface area (Å²) in [7, 11) is 3.48. The second-order valence-electron chi connectivity index (χ2n) is 6.90. The van der Waals surface area contributed by atoms with Crippen LogP contribution in [0.15, 0.2) is 46.9 Å². The van der Waals surface area contributed by atoms with E-state index in [9.17, 15) is 4.79 Å². The fraction of sp³-hybridized carbons (Fsp3) is 0.227. The minimum atomic E-state index is -0.343. The third-order valence-electron chi connectivity index (χ3n) is 4.88. The van der Waals surface area contributed by atoms with Crippen LogP contribution in [0.3, 0.4) is 0 Å². The molecular formula is C22H23BrN4O2S. The Bertz CT molecular complexity index is 1090. The zero-order chi connectivity index (χ0) is 21.8. The topological polar surface area (TPSA) is 68.2 Å². The number of benzene rings is 2. The highest BCUT2D eigenvalue weighted by atomic mass is 79.9. The molecule has 0 bridgehead atoms. The third-order valence-corrected chi connectivity index (χ3v) is 5.58. The lowest BCUT2D eigenvalue weighted by Gasteiger charge is -2.12. The first kappa shape index (κ1) is 22.0. The van der Waals surface area contributed by atoms with E-state index in [1.165, 1.54) is 23.9 Å². The number of anilines is 1. The number of hydrogen-bond donors (Lipinski definition) is 2. The number of carbonyl (C=O) groups excluding carboxylic acids is 1. The average Bonchev–Trinajstić information content (AvgIpc) is 2.95. The van der Waals surface area contributed by atoms with E-state index < -0.39 is 0 Å². The summed E-state index contributed by atoms with van der Waals surface area (Å²) in [6.07, 6.45) is 0.815. The van der Waals surface area contributed by atoms with Crippen LogP contribution in [0.1, 0.15) is 32.9 Å². The number of rotatable bonds is 5. The molecule has 30 heavy (non-hydrogen) atoms. The summed E-state index contributed by atoms with van der Waals surface area (Å²) in [5, 5.41) is 10.4. The summed E-state index contributed by atoms with van der Waals surface area (Å²) in [4.78, 5) is 12.6. The van der Waals surface area contributed by atoms with Crippen molar-refractivity contribution in [3.8, 4) is 5.75 Å². The molecule has 3 rings (SSSR count). The maximum Gasteiger partial charge on any atom is 0.261 e. The second kappa shape index (κ2) is 9.40. The molecule has 0 saturated carbocycles. The number of nitrogens with zero attached hydrogens (tertiary/aromatic N) is 2. The summed E-state index contributed by atoms with van der Waals surface area (Å²) in [5.41, 5.74) is 5.82. The van der Waals surface area contributed by atoms with E-state index in [0.29, 0.717) is 11.3 Å². The number of ether oxygens (including phenoxy) is 1. The Labute approximate surface area is 189 Å². The first-order valence-electron chi connectivity index (χ1n) is 9.32. The van der Waals surface area contributed by atoms with Gasteiger partial charge in [0.25, 0.3) is 5.91 Å². The van der Waals surface area contributed by atoms with E-state index >= 15 is 0 Å². The minimum absolute atomic E-state index is 0.216. The summed E-state index contributed by atoms with van der Waals surface area (Å²) in [5.74, 6) is 0.133. The number of nitrogens with one attached hydrogen (secondary N) is 2. The number of halogens is 1. The van der Waals surface area contributed by atoms with Gasteiger partial charge in [-0.2, -0.15) is 5.10 Å². The molecule has 6 nitrogen and oxygen atoms in total. The second-order valence-corrected chi connectivity index (χ2v) is 8.22. The fourth-order valence-corrected chi connectivity index (χ4v) is 3.75. The van der Waals surface area contributed by atoms with E-state index in [2.05, 4.69) is 38.6 Å². The van der Waals surface area contributed by atoms with Crippen molar-refractivity contribution < 1.29 is 9.53 Å². The van der Waals surface area contributed by atoms with Gasteiger partial charge in [-0.25, -0.2) is 0 Å². The lowest BCUT2D eigenvalue weighted by molar-refractivity contribution is 0.0974. The highest BCUT2D eigenvalue weighted by molar-refractivity contribution is 9.10. The highest BCUT2D eigenvalue weighted by Gasteiger charge is 2.14. The van der Waals surface area contributed by atoms with Crippen LogP contribution in [0.5, 0.6) is 5.75 Å². The molecule has 0 radical (unpaired) electrons. The Hall–Kier alpha value is -2.71. The predicted molar refractivity (Wildman–Crippen MR) is 126 cm³/mol. The van der Waals surface area contributed by atoms with E-state index in [0.717, 1.165) is 22.3 Å². The molecular weight excluding hydrogens is 464 g/mol. The van der Waals surface area contributed by atoms with Gasteiger partial charge >= 0.3 is 0 Å². The van der Waals surface area contributed by atoms with Gasteiger partial charge in [-0.05, 0) is 62.0 Å². The van der Waals surface area contributed by atoms with E-state index in [-0.39, 0.29) is 11.0 Å². The Kier molecular flexibility index (Phi) is 6.89. The average molecular weight is 487 g/mol. The van der Waals surface area contributed by atoms with Crippen LogP contribution in [0.2, 0.25) is 0 Å². The smallest absolute Gasteiger partial charge is 0.261 e. The maximum atomic E-state index is 12.6. The van der Waals surface area contributed by atoms with Crippen molar-refractivity contribution >= 4 is 44.9 Å². The third kappa shape index (κ3) is 5.06. The summed E-state index contributed by atoms with van der Waals surface area (Å²) < 4.78 is 7.93. The van der Waals surface area contributed by atoms with Crippen LogP contribution in [0.4, 0.5) is 5.69 Å². The monoisotopic (exact) mass is 486 g/mol. The predicted octanol–water partition coefficient (Wildman–Crippen LogP) is 4.53. The lowest BCUT2D eigenvalue weighted by atomic mass is 10.0. The largest absolute Gasteiger partial charge is 0.496 e. The molecule has 0 unspecified atom stereocenters. The van der Waals surface area contributed by atoms with Crippen LogP contribution in [-0.4, -0.2) is 27.9 Å².